The van der Waals surface area contributed by atoms with Crippen LogP contribution in [0, 0.1) is 6.92 Å². The second kappa shape index (κ2) is 6.51. The van der Waals surface area contributed by atoms with E-state index in [1.165, 1.54) is 30.0 Å². The number of hydrogen-bond donors (Lipinski definition) is 2. The molecular formula is C15H14N4O2S2. The van der Waals surface area contributed by atoms with E-state index in [2.05, 4.69) is 20.3 Å². The Morgan fingerprint density at radius 2 is 2.09 bits per heavy atom. The molecule has 8 heteroatoms. The molecule has 1 amide bonds. The van der Waals surface area contributed by atoms with Crippen LogP contribution in [0.4, 0.5) is 5.13 Å². The number of carbonyl (C=O) groups excluding carboxylic acids is 2. The molecule has 23 heavy (non-hydrogen) atoms. The molecule has 2 N–H and O–H groups in total. The molecule has 0 aliphatic carbocycles. The largest absolute Gasteiger partial charge is 0.333 e. The number of aromatic amines is 1. The number of Topliss-reactive ketones (excluding diaryl/α,β-unsaturated/α-hetero) is 1. The zero-order chi connectivity index (χ0) is 16.4. The summed E-state index contributed by atoms with van der Waals surface area (Å²) in [6.45, 7) is 3.25. The fourth-order valence-corrected chi connectivity index (χ4v) is 3.63. The van der Waals surface area contributed by atoms with Gasteiger partial charge in [-0.3, -0.25) is 9.59 Å². The smallest absolute Gasteiger partial charge is 0.236 e. The standard InChI is InChI=1S/C15H14N4O2S2/c1-8-13(9(2)20)23-15(16-8)19-12(21)7-22-14-17-10-5-3-4-6-11(10)18-14/h3-6H,7H2,1-2H3,(H,17,18)(H,16,19,21). The van der Waals surface area contributed by atoms with E-state index in [-0.39, 0.29) is 17.4 Å². The van der Waals surface area contributed by atoms with Crippen LogP contribution in [-0.2, 0) is 4.79 Å². The van der Waals surface area contributed by atoms with Crippen LogP contribution in [0.5, 0.6) is 0 Å². The molecule has 0 saturated carbocycles. The van der Waals surface area contributed by atoms with Gasteiger partial charge in [0.25, 0.3) is 0 Å². The van der Waals surface area contributed by atoms with Gasteiger partial charge in [-0.15, -0.1) is 0 Å². The minimum Gasteiger partial charge on any atom is -0.333 e. The van der Waals surface area contributed by atoms with Crippen LogP contribution in [0.15, 0.2) is 29.4 Å². The van der Waals surface area contributed by atoms with E-state index < -0.39 is 0 Å². The van der Waals surface area contributed by atoms with Gasteiger partial charge in [-0.1, -0.05) is 35.2 Å². The number of carbonyl (C=O) groups is 2. The summed E-state index contributed by atoms with van der Waals surface area (Å²) in [4.78, 5) is 35.7. The number of hydrogen-bond acceptors (Lipinski definition) is 6. The lowest BCUT2D eigenvalue weighted by atomic mass is 10.3. The Bertz CT molecular complexity index is 852. The van der Waals surface area contributed by atoms with Crippen LogP contribution in [0.2, 0.25) is 0 Å². The zero-order valence-electron chi connectivity index (χ0n) is 12.5. The third kappa shape index (κ3) is 3.59. The summed E-state index contributed by atoms with van der Waals surface area (Å²) in [7, 11) is 0. The highest BCUT2D eigenvalue weighted by Gasteiger charge is 2.14. The molecule has 2 aromatic heterocycles. The van der Waals surface area contributed by atoms with Crippen molar-refractivity contribution < 1.29 is 9.59 Å². The molecule has 1 aromatic carbocycles. The highest BCUT2D eigenvalue weighted by atomic mass is 32.2. The number of anilines is 1. The number of thiazole rings is 1. The molecule has 0 saturated heterocycles. The van der Waals surface area contributed by atoms with Crippen molar-refractivity contribution in [3.05, 3.63) is 34.8 Å². The summed E-state index contributed by atoms with van der Waals surface area (Å²) in [6.07, 6.45) is 0. The average molecular weight is 346 g/mol. The Morgan fingerprint density at radius 3 is 2.78 bits per heavy atom. The number of nitrogens with one attached hydrogen (secondary N) is 2. The molecule has 2 heterocycles. The van der Waals surface area contributed by atoms with Crippen molar-refractivity contribution in [2.24, 2.45) is 0 Å². The van der Waals surface area contributed by atoms with Gasteiger partial charge in [0.15, 0.2) is 16.1 Å². The van der Waals surface area contributed by atoms with Gasteiger partial charge in [0.1, 0.15) is 0 Å². The highest BCUT2D eigenvalue weighted by molar-refractivity contribution is 7.99. The van der Waals surface area contributed by atoms with Gasteiger partial charge in [-0.05, 0) is 19.1 Å². The Hall–Kier alpha value is -2.19. The van der Waals surface area contributed by atoms with Crippen molar-refractivity contribution in [2.75, 3.05) is 11.1 Å². The fourth-order valence-electron chi connectivity index (χ4n) is 2.06. The number of thioether (sulfide) groups is 1. The Labute approximate surface area is 140 Å². The molecule has 118 valence electrons. The van der Waals surface area contributed by atoms with Gasteiger partial charge in [0.2, 0.25) is 5.91 Å². The first kappa shape index (κ1) is 15.7. The normalized spacial score (nSPS) is 10.9. The first-order chi connectivity index (χ1) is 11.0. The minimum atomic E-state index is -0.181. The molecule has 0 radical (unpaired) electrons. The van der Waals surface area contributed by atoms with Crippen LogP contribution in [0.1, 0.15) is 22.3 Å². The summed E-state index contributed by atoms with van der Waals surface area (Å²) < 4.78 is 0. The topological polar surface area (TPSA) is 87.7 Å². The maximum absolute atomic E-state index is 12.0. The van der Waals surface area contributed by atoms with E-state index in [1.807, 2.05) is 24.3 Å². The molecule has 0 atom stereocenters. The van der Waals surface area contributed by atoms with Gasteiger partial charge in [-0.2, -0.15) is 0 Å². The first-order valence-corrected chi connectivity index (χ1v) is 8.69. The molecule has 0 unspecified atom stereocenters. The van der Waals surface area contributed by atoms with Crippen LogP contribution >= 0.6 is 23.1 Å². The van der Waals surface area contributed by atoms with Crippen molar-refractivity contribution >= 4 is 51.0 Å². The summed E-state index contributed by atoms with van der Waals surface area (Å²) in [5.74, 6) is -0.00938. The Morgan fingerprint density at radius 1 is 1.30 bits per heavy atom. The van der Waals surface area contributed by atoms with Crippen molar-refractivity contribution in [1.82, 2.24) is 15.0 Å². The lowest BCUT2D eigenvalue weighted by molar-refractivity contribution is -0.113. The minimum absolute atomic E-state index is 0.0443. The second-order valence-corrected chi connectivity index (χ2v) is 6.85. The van der Waals surface area contributed by atoms with E-state index in [0.29, 0.717) is 20.9 Å². The molecule has 3 aromatic rings. The quantitative estimate of drug-likeness (QED) is 0.547. The van der Waals surface area contributed by atoms with Gasteiger partial charge < -0.3 is 10.3 Å². The molecule has 0 aliphatic heterocycles. The summed E-state index contributed by atoms with van der Waals surface area (Å²) in [5, 5.41) is 3.86. The van der Waals surface area contributed by atoms with Gasteiger partial charge in [0.05, 0.1) is 27.4 Å². The maximum Gasteiger partial charge on any atom is 0.236 e. The maximum atomic E-state index is 12.0. The van der Waals surface area contributed by atoms with Gasteiger partial charge in [-0.25, -0.2) is 9.97 Å². The summed E-state index contributed by atoms with van der Waals surface area (Å²) in [6, 6.07) is 7.70. The number of imidazole rings is 1. The number of nitrogens with zero attached hydrogens (tertiary/aromatic N) is 2. The third-order valence-corrected chi connectivity index (χ3v) is 5.12. The van der Waals surface area contributed by atoms with Crippen LogP contribution in [0.3, 0.4) is 0 Å². The van der Waals surface area contributed by atoms with Crippen LogP contribution in [-0.4, -0.2) is 32.4 Å². The van der Waals surface area contributed by atoms with Crippen LogP contribution in [0.25, 0.3) is 11.0 Å². The highest BCUT2D eigenvalue weighted by Crippen LogP contribution is 2.24. The molecule has 0 fully saturated rings. The fraction of sp³-hybridized carbons (Fsp3) is 0.200. The molecule has 3 rings (SSSR count). The number of fused-ring (bicyclic) bond motifs is 1. The number of para-hydroxylation sites is 2. The number of ketones is 1. The monoisotopic (exact) mass is 346 g/mol. The van der Waals surface area contributed by atoms with E-state index >= 15 is 0 Å². The predicted molar refractivity (Wildman–Crippen MR) is 92.3 cm³/mol. The number of benzene rings is 1. The van der Waals surface area contributed by atoms with Crippen molar-refractivity contribution in [3.8, 4) is 0 Å². The molecular weight excluding hydrogens is 332 g/mol. The van der Waals surface area contributed by atoms with E-state index in [0.717, 1.165) is 11.0 Å². The van der Waals surface area contributed by atoms with Crippen molar-refractivity contribution in [3.63, 3.8) is 0 Å². The predicted octanol–water partition coefficient (Wildman–Crippen LogP) is 3.26. The zero-order valence-corrected chi connectivity index (χ0v) is 14.2. The molecule has 6 nitrogen and oxygen atoms in total. The summed E-state index contributed by atoms with van der Waals surface area (Å²) >= 11 is 2.52. The lowest BCUT2D eigenvalue weighted by Gasteiger charge is -1.99. The van der Waals surface area contributed by atoms with E-state index in [9.17, 15) is 9.59 Å². The second-order valence-electron chi connectivity index (χ2n) is 4.89. The summed E-state index contributed by atoms with van der Waals surface area (Å²) in [5.41, 5.74) is 2.46. The molecule has 0 spiro atoms. The first-order valence-electron chi connectivity index (χ1n) is 6.88. The average Bonchev–Trinajstić information content (AvgIpc) is 3.08. The van der Waals surface area contributed by atoms with Crippen molar-refractivity contribution in [1.29, 1.82) is 0 Å². The molecule has 0 bridgehead atoms. The number of aryl methyl sites for hydroxylation is 1. The Balaban J connectivity index is 1.61. The number of rotatable bonds is 5. The number of H-pyrrole nitrogens is 1. The third-order valence-electron chi connectivity index (χ3n) is 3.07. The van der Waals surface area contributed by atoms with Crippen molar-refractivity contribution in [2.45, 2.75) is 19.0 Å². The molecule has 0 aliphatic rings. The van der Waals surface area contributed by atoms with Crippen LogP contribution < -0.4 is 5.32 Å². The number of amides is 1. The SMILES string of the molecule is CC(=O)c1sc(NC(=O)CSc2nc3ccccc3[nH]2)nc1C. The van der Waals surface area contributed by atoms with Gasteiger partial charge >= 0.3 is 0 Å². The number of aromatic nitrogens is 3. The van der Waals surface area contributed by atoms with E-state index in [1.54, 1.807) is 6.92 Å². The lowest BCUT2D eigenvalue weighted by Crippen LogP contribution is -2.13. The van der Waals surface area contributed by atoms with Gasteiger partial charge in [0, 0.05) is 6.92 Å². The Kier molecular flexibility index (Phi) is 4.44. The van der Waals surface area contributed by atoms with E-state index in [4.69, 9.17) is 0 Å².